The molecule has 0 amide bonds. The van der Waals surface area contributed by atoms with Crippen LogP contribution in [0.3, 0.4) is 0 Å². The van der Waals surface area contributed by atoms with Crippen molar-refractivity contribution in [3.8, 4) is 0 Å². The number of aromatic nitrogens is 4. The normalized spacial score (nSPS) is 27.1. The summed E-state index contributed by atoms with van der Waals surface area (Å²) >= 11 is 1.88. The summed E-state index contributed by atoms with van der Waals surface area (Å²) < 4.78 is 2.22. The van der Waals surface area contributed by atoms with Gasteiger partial charge in [0.25, 0.3) is 0 Å². The molecule has 2 saturated carbocycles. The van der Waals surface area contributed by atoms with Gasteiger partial charge in [-0.25, -0.2) is 4.68 Å². The number of piperidine rings is 1. The lowest BCUT2D eigenvalue weighted by Crippen LogP contribution is -3.14. The Bertz CT molecular complexity index is 737. The van der Waals surface area contributed by atoms with Crippen molar-refractivity contribution in [2.45, 2.75) is 89.1 Å². The van der Waals surface area contributed by atoms with Gasteiger partial charge in [0, 0.05) is 5.41 Å². The summed E-state index contributed by atoms with van der Waals surface area (Å²) in [4.78, 5) is 3.15. The van der Waals surface area contributed by atoms with E-state index in [4.69, 9.17) is 0 Å². The molecule has 2 atom stereocenters. The summed E-state index contributed by atoms with van der Waals surface area (Å²) in [6.07, 6.45) is 16.4. The van der Waals surface area contributed by atoms with Gasteiger partial charge in [0.1, 0.15) is 0 Å². The molecule has 3 fully saturated rings. The molecule has 3 heterocycles. The molecule has 5 nitrogen and oxygen atoms in total. The Morgan fingerprint density at radius 3 is 2.61 bits per heavy atom. The van der Waals surface area contributed by atoms with Crippen LogP contribution in [-0.4, -0.2) is 33.3 Å². The fraction of sp³-hybridized carbons (Fsp3) is 0.773. The topological polar surface area (TPSA) is 48.0 Å². The summed E-state index contributed by atoms with van der Waals surface area (Å²) in [5.74, 6) is 1.12. The lowest BCUT2D eigenvalue weighted by molar-refractivity contribution is -0.938. The molecule has 0 radical (unpaired) electrons. The maximum atomic E-state index is 4.64. The Labute approximate surface area is 172 Å². The highest BCUT2D eigenvalue weighted by Gasteiger charge is 2.44. The third kappa shape index (κ3) is 3.65. The fourth-order valence-corrected chi connectivity index (χ4v) is 7.15. The van der Waals surface area contributed by atoms with Crippen LogP contribution in [0.4, 0.5) is 0 Å². The van der Waals surface area contributed by atoms with Gasteiger partial charge >= 0.3 is 0 Å². The molecule has 0 bridgehead atoms. The van der Waals surface area contributed by atoms with E-state index in [1.807, 2.05) is 11.3 Å². The molecule has 0 aromatic carbocycles. The summed E-state index contributed by atoms with van der Waals surface area (Å²) in [6.45, 7) is 2.55. The van der Waals surface area contributed by atoms with Gasteiger partial charge in [0.05, 0.1) is 24.0 Å². The van der Waals surface area contributed by atoms with Crippen LogP contribution in [0.1, 0.15) is 99.8 Å². The molecule has 1 unspecified atom stereocenters. The molecular formula is C22H34N5S+. The van der Waals surface area contributed by atoms with Crippen LogP contribution in [0.2, 0.25) is 0 Å². The predicted molar refractivity (Wildman–Crippen MR) is 112 cm³/mol. The molecule has 6 heteroatoms. The van der Waals surface area contributed by atoms with Crippen molar-refractivity contribution in [3.05, 3.63) is 28.2 Å². The lowest BCUT2D eigenvalue weighted by atomic mass is 9.69. The number of likely N-dealkylation sites (tertiary alicyclic amines) is 1. The van der Waals surface area contributed by atoms with E-state index < -0.39 is 0 Å². The maximum absolute atomic E-state index is 4.64. The first kappa shape index (κ1) is 18.7. The Balaban J connectivity index is 1.47. The Kier molecular flexibility index (Phi) is 5.51. The van der Waals surface area contributed by atoms with E-state index in [1.54, 1.807) is 4.90 Å². The van der Waals surface area contributed by atoms with E-state index in [2.05, 4.69) is 37.7 Å². The second-order valence-corrected chi connectivity index (χ2v) is 10.5. The fourth-order valence-electron chi connectivity index (χ4n) is 6.27. The molecule has 2 aliphatic carbocycles. The van der Waals surface area contributed by atoms with Crippen LogP contribution < -0.4 is 4.90 Å². The third-order valence-corrected chi connectivity index (χ3v) is 8.59. The highest BCUT2D eigenvalue weighted by Crippen LogP contribution is 2.41. The molecular weight excluding hydrogens is 366 g/mol. The minimum Gasteiger partial charge on any atom is -0.321 e. The van der Waals surface area contributed by atoms with Crippen molar-refractivity contribution < 1.29 is 4.90 Å². The van der Waals surface area contributed by atoms with Crippen LogP contribution in [0.5, 0.6) is 0 Å². The molecule has 1 N–H and O–H groups in total. The van der Waals surface area contributed by atoms with E-state index in [0.29, 0.717) is 17.5 Å². The van der Waals surface area contributed by atoms with Crippen molar-refractivity contribution in [1.29, 1.82) is 0 Å². The number of thiophene rings is 1. The summed E-state index contributed by atoms with van der Waals surface area (Å²) in [5, 5.41) is 15.6. The van der Waals surface area contributed by atoms with Gasteiger partial charge in [-0.05, 0) is 60.4 Å². The zero-order valence-corrected chi connectivity index (χ0v) is 17.8. The van der Waals surface area contributed by atoms with Crippen molar-refractivity contribution in [2.24, 2.45) is 5.41 Å². The van der Waals surface area contributed by atoms with Crippen molar-refractivity contribution in [2.75, 3.05) is 13.1 Å². The maximum Gasteiger partial charge on any atom is 0.215 e. The van der Waals surface area contributed by atoms with Gasteiger partial charge in [-0.15, -0.1) is 16.4 Å². The molecule has 1 spiro atoms. The first-order chi connectivity index (χ1) is 13.8. The van der Waals surface area contributed by atoms with Crippen LogP contribution in [0.15, 0.2) is 17.5 Å². The molecule has 2 aromatic heterocycles. The van der Waals surface area contributed by atoms with Crippen LogP contribution >= 0.6 is 11.3 Å². The van der Waals surface area contributed by atoms with Crippen LogP contribution in [0, 0.1) is 5.41 Å². The van der Waals surface area contributed by atoms with Crippen molar-refractivity contribution in [3.63, 3.8) is 0 Å². The van der Waals surface area contributed by atoms with E-state index in [-0.39, 0.29) is 0 Å². The van der Waals surface area contributed by atoms with Crippen molar-refractivity contribution in [1.82, 2.24) is 20.2 Å². The highest BCUT2D eigenvalue weighted by molar-refractivity contribution is 7.10. The number of hydrogen-bond donors (Lipinski definition) is 1. The average Bonchev–Trinajstić information content (AvgIpc) is 3.43. The SMILES string of the molecule is c1csc([C@H](c2nnnn2C2CCCCC2)[NH+]2CCCC3(CCCCC3)C2)c1. The van der Waals surface area contributed by atoms with Gasteiger partial charge in [0.15, 0.2) is 6.04 Å². The second-order valence-electron chi connectivity index (χ2n) is 9.47. The number of tetrazole rings is 1. The number of rotatable bonds is 4. The van der Waals surface area contributed by atoms with E-state index in [9.17, 15) is 0 Å². The molecule has 1 aliphatic heterocycles. The van der Waals surface area contributed by atoms with E-state index in [0.717, 1.165) is 5.82 Å². The Hall–Kier alpha value is -1.27. The summed E-state index contributed by atoms with van der Waals surface area (Å²) in [6, 6.07) is 5.30. The van der Waals surface area contributed by atoms with Crippen molar-refractivity contribution >= 4 is 11.3 Å². The predicted octanol–water partition coefficient (Wildman–Crippen LogP) is 3.96. The average molecular weight is 401 g/mol. The van der Waals surface area contributed by atoms with Crippen LogP contribution in [0.25, 0.3) is 0 Å². The largest absolute Gasteiger partial charge is 0.321 e. The number of nitrogens with zero attached hydrogens (tertiary/aromatic N) is 4. The number of hydrogen-bond acceptors (Lipinski definition) is 4. The number of quaternary nitrogens is 1. The monoisotopic (exact) mass is 400 g/mol. The number of nitrogens with one attached hydrogen (secondary N) is 1. The molecule has 3 aliphatic rings. The first-order valence-corrected chi connectivity index (χ1v) is 12.4. The van der Waals surface area contributed by atoms with Crippen LogP contribution in [-0.2, 0) is 0 Å². The quantitative estimate of drug-likeness (QED) is 0.845. The standard InChI is InChI=1S/C22H33N5S/c1-3-9-18(10-4-1)27-21(23-24-25-27)20(19-11-7-16-28-19)26-15-8-14-22(17-26)12-5-2-6-13-22/h7,11,16,18,20H,1-6,8-10,12-15,17H2/p+1/t20-/m1/s1. The first-order valence-electron chi connectivity index (χ1n) is 11.5. The molecule has 5 rings (SSSR count). The van der Waals surface area contributed by atoms with E-state index in [1.165, 1.54) is 95.0 Å². The lowest BCUT2D eigenvalue weighted by Gasteiger charge is -2.44. The zero-order valence-electron chi connectivity index (χ0n) is 17.0. The van der Waals surface area contributed by atoms with Gasteiger partial charge in [0.2, 0.25) is 5.82 Å². The third-order valence-electron chi connectivity index (χ3n) is 7.65. The smallest absolute Gasteiger partial charge is 0.215 e. The second kappa shape index (κ2) is 8.23. The summed E-state index contributed by atoms with van der Waals surface area (Å²) in [5.41, 5.74) is 0.574. The molecule has 2 aromatic rings. The van der Waals surface area contributed by atoms with Gasteiger partial charge in [-0.2, -0.15) is 0 Å². The van der Waals surface area contributed by atoms with E-state index >= 15 is 0 Å². The van der Waals surface area contributed by atoms with Gasteiger partial charge < -0.3 is 4.90 Å². The van der Waals surface area contributed by atoms with Gasteiger partial charge in [-0.1, -0.05) is 44.6 Å². The Morgan fingerprint density at radius 1 is 1.04 bits per heavy atom. The summed E-state index contributed by atoms with van der Waals surface area (Å²) in [7, 11) is 0. The molecule has 152 valence electrons. The molecule has 28 heavy (non-hydrogen) atoms. The zero-order chi connectivity index (χ0) is 18.8. The minimum absolute atomic E-state index is 0.302. The highest BCUT2D eigenvalue weighted by atomic mass is 32.1. The minimum atomic E-state index is 0.302. The Morgan fingerprint density at radius 2 is 1.82 bits per heavy atom. The van der Waals surface area contributed by atoms with Gasteiger partial charge in [-0.3, -0.25) is 0 Å². The molecule has 1 saturated heterocycles.